The third kappa shape index (κ3) is 0.866. The van der Waals surface area contributed by atoms with Crippen LogP contribution in [0, 0.1) is 0 Å². The van der Waals surface area contributed by atoms with Crippen LogP contribution < -0.4 is 0 Å². The maximum atomic E-state index is 3.64. The summed E-state index contributed by atoms with van der Waals surface area (Å²) in [5.74, 6) is 0. The predicted octanol–water partition coefficient (Wildman–Crippen LogP) is 1.98. The minimum Gasteiger partial charge on any atom is -0.343 e. The van der Waals surface area contributed by atoms with E-state index in [2.05, 4.69) is 23.3 Å². The van der Waals surface area contributed by atoms with Gasteiger partial charge in [0.2, 0.25) is 0 Å². The molecule has 0 aromatic rings. The zero-order valence-electron chi connectivity index (χ0n) is 6.20. The van der Waals surface area contributed by atoms with Crippen molar-refractivity contribution in [2.24, 2.45) is 0 Å². The van der Waals surface area contributed by atoms with E-state index in [1.54, 1.807) is 0 Å². The van der Waals surface area contributed by atoms with Crippen LogP contribution in [-0.2, 0) is 0 Å². The highest BCUT2D eigenvalue weighted by Crippen LogP contribution is 2.23. The molecule has 2 heterocycles. The number of nitrogens with zero attached hydrogens (tertiary/aromatic N) is 1. The van der Waals surface area contributed by atoms with Crippen LogP contribution in [-0.4, -0.2) is 10.9 Å². The highest BCUT2D eigenvalue weighted by atomic mass is 15.1. The largest absolute Gasteiger partial charge is 0.343 e. The predicted molar refractivity (Wildman–Crippen MR) is 45.7 cm³/mol. The Hall–Kier alpha value is -1.46. The average Bonchev–Trinajstić information content (AvgIpc) is 2.47. The van der Waals surface area contributed by atoms with Gasteiger partial charge in [-0.3, -0.25) is 0 Å². The zero-order chi connectivity index (χ0) is 7.68. The molecule has 0 radical (unpaired) electrons. The zero-order valence-corrected chi connectivity index (χ0v) is 6.20. The molecule has 0 aromatic carbocycles. The Morgan fingerprint density at radius 1 is 1.36 bits per heavy atom. The van der Waals surface area contributed by atoms with Crippen LogP contribution in [0.4, 0.5) is 0 Å². The smallest absolute Gasteiger partial charge is 0.0839 e. The molecule has 1 nitrogen and oxygen atoms in total. The molecule has 0 saturated carbocycles. The van der Waals surface area contributed by atoms with Crippen LogP contribution in [0.2, 0.25) is 0 Å². The van der Waals surface area contributed by atoms with Crippen molar-refractivity contribution in [1.82, 2.24) is 4.90 Å². The molecule has 0 amide bonds. The summed E-state index contributed by atoms with van der Waals surface area (Å²) >= 11 is 0. The Morgan fingerprint density at radius 3 is 3.09 bits per heavy atom. The van der Waals surface area contributed by atoms with Crippen molar-refractivity contribution in [3.63, 3.8) is 0 Å². The van der Waals surface area contributed by atoms with E-state index in [9.17, 15) is 0 Å². The molecule has 0 aliphatic carbocycles. The van der Waals surface area contributed by atoms with Crippen molar-refractivity contribution in [2.45, 2.75) is 6.04 Å². The Morgan fingerprint density at radius 2 is 2.27 bits per heavy atom. The molecule has 0 aromatic heterocycles. The lowest BCUT2D eigenvalue weighted by molar-refractivity contribution is 0.494. The van der Waals surface area contributed by atoms with Gasteiger partial charge >= 0.3 is 0 Å². The highest BCUT2D eigenvalue weighted by Gasteiger charge is 2.19. The summed E-state index contributed by atoms with van der Waals surface area (Å²) in [4.78, 5) is 2.13. The fraction of sp³-hybridized carbons (Fsp3) is 0.100. The summed E-state index contributed by atoms with van der Waals surface area (Å²) in [5, 5.41) is 0. The molecule has 0 bridgehead atoms. The summed E-state index contributed by atoms with van der Waals surface area (Å²) in [5.41, 5.74) is 4.06. The molecule has 54 valence electrons. The first kappa shape index (κ1) is 6.26. The lowest BCUT2D eigenvalue weighted by Crippen LogP contribution is -2.21. The number of rotatable bonds is 0. The Balaban J connectivity index is 2.39. The first-order chi connectivity index (χ1) is 5.42. The van der Waals surface area contributed by atoms with Gasteiger partial charge in [0, 0.05) is 18.0 Å². The number of hydrogen-bond acceptors (Lipinski definition) is 1. The first-order valence-electron chi connectivity index (χ1n) is 3.62. The van der Waals surface area contributed by atoms with Gasteiger partial charge in [-0.05, 0) is 12.2 Å². The van der Waals surface area contributed by atoms with Crippen molar-refractivity contribution in [2.75, 3.05) is 0 Å². The monoisotopic (exact) mass is 143 g/mol. The van der Waals surface area contributed by atoms with Crippen molar-refractivity contribution < 1.29 is 0 Å². The van der Waals surface area contributed by atoms with Gasteiger partial charge in [-0.1, -0.05) is 18.7 Å². The maximum absolute atomic E-state index is 3.64. The lowest BCUT2D eigenvalue weighted by atomic mass is 10.1. The van der Waals surface area contributed by atoms with E-state index in [0.717, 1.165) is 5.57 Å². The van der Waals surface area contributed by atoms with Gasteiger partial charge in [-0.25, -0.2) is 0 Å². The SMILES string of the molecule is C=C=C1C=CN2C=CC=CC12. The fourth-order valence-corrected chi connectivity index (χ4v) is 1.35. The summed E-state index contributed by atoms with van der Waals surface area (Å²) in [6.07, 6.45) is 12.3. The van der Waals surface area contributed by atoms with E-state index >= 15 is 0 Å². The van der Waals surface area contributed by atoms with E-state index in [0.29, 0.717) is 6.04 Å². The van der Waals surface area contributed by atoms with E-state index in [1.807, 2.05) is 30.6 Å². The molecular formula is C10H9N. The molecular weight excluding hydrogens is 134 g/mol. The van der Waals surface area contributed by atoms with E-state index in [-0.39, 0.29) is 0 Å². The summed E-state index contributed by atoms with van der Waals surface area (Å²) in [6.45, 7) is 3.64. The standard InChI is InChI=1S/C10H9N/c1-2-9-6-8-11-7-4-3-5-10(9)11/h3-8,10H,1H2. The number of hydrogen-bond donors (Lipinski definition) is 0. The molecule has 2 rings (SSSR count). The van der Waals surface area contributed by atoms with Gasteiger partial charge in [0.25, 0.3) is 0 Å². The number of fused-ring (bicyclic) bond motifs is 1. The van der Waals surface area contributed by atoms with Crippen LogP contribution in [0.3, 0.4) is 0 Å². The molecule has 11 heavy (non-hydrogen) atoms. The second kappa shape index (κ2) is 2.30. The van der Waals surface area contributed by atoms with Gasteiger partial charge in [0.15, 0.2) is 0 Å². The van der Waals surface area contributed by atoms with E-state index in [4.69, 9.17) is 0 Å². The van der Waals surface area contributed by atoms with Crippen LogP contribution in [0.5, 0.6) is 0 Å². The third-order valence-electron chi connectivity index (χ3n) is 1.93. The van der Waals surface area contributed by atoms with Crippen LogP contribution in [0.15, 0.2) is 54.6 Å². The third-order valence-corrected chi connectivity index (χ3v) is 1.93. The second-order valence-electron chi connectivity index (χ2n) is 2.57. The molecule has 2 aliphatic heterocycles. The van der Waals surface area contributed by atoms with Gasteiger partial charge in [0.05, 0.1) is 6.04 Å². The lowest BCUT2D eigenvalue weighted by Gasteiger charge is -2.20. The van der Waals surface area contributed by atoms with E-state index < -0.39 is 0 Å². The molecule has 1 heteroatoms. The highest BCUT2D eigenvalue weighted by molar-refractivity contribution is 5.38. The first-order valence-corrected chi connectivity index (χ1v) is 3.62. The molecule has 2 aliphatic rings. The molecule has 0 fully saturated rings. The van der Waals surface area contributed by atoms with E-state index in [1.165, 1.54) is 0 Å². The van der Waals surface area contributed by atoms with Gasteiger partial charge in [-0.2, -0.15) is 0 Å². The number of allylic oxidation sites excluding steroid dienone is 2. The van der Waals surface area contributed by atoms with Gasteiger partial charge in [-0.15, -0.1) is 5.73 Å². The van der Waals surface area contributed by atoms with Crippen molar-refractivity contribution in [3.8, 4) is 0 Å². The van der Waals surface area contributed by atoms with Crippen molar-refractivity contribution >= 4 is 0 Å². The molecule has 1 unspecified atom stereocenters. The Labute approximate surface area is 66.3 Å². The fourth-order valence-electron chi connectivity index (χ4n) is 1.35. The summed E-state index contributed by atoms with van der Waals surface area (Å²) in [7, 11) is 0. The summed E-state index contributed by atoms with van der Waals surface area (Å²) in [6, 6.07) is 0.345. The molecule has 0 spiro atoms. The van der Waals surface area contributed by atoms with Gasteiger partial charge < -0.3 is 4.90 Å². The average molecular weight is 143 g/mol. The molecule has 1 atom stereocenters. The molecule has 0 N–H and O–H groups in total. The topological polar surface area (TPSA) is 3.24 Å². The minimum absolute atomic E-state index is 0.345. The normalized spacial score (nSPS) is 25.6. The Kier molecular flexibility index (Phi) is 1.31. The molecule has 0 saturated heterocycles. The van der Waals surface area contributed by atoms with Crippen LogP contribution in [0.25, 0.3) is 0 Å². The van der Waals surface area contributed by atoms with Crippen LogP contribution >= 0.6 is 0 Å². The van der Waals surface area contributed by atoms with Crippen molar-refractivity contribution in [1.29, 1.82) is 0 Å². The van der Waals surface area contributed by atoms with Gasteiger partial charge in [0.1, 0.15) is 0 Å². The minimum atomic E-state index is 0.345. The second-order valence-corrected chi connectivity index (χ2v) is 2.57. The van der Waals surface area contributed by atoms with Crippen LogP contribution in [0.1, 0.15) is 0 Å². The van der Waals surface area contributed by atoms with Crippen molar-refractivity contribution in [3.05, 3.63) is 54.6 Å². The Bertz CT molecular complexity index is 301. The maximum Gasteiger partial charge on any atom is 0.0839 e. The quantitative estimate of drug-likeness (QED) is 0.469. The summed E-state index contributed by atoms with van der Waals surface area (Å²) < 4.78 is 0.